The lowest BCUT2D eigenvalue weighted by atomic mass is 10.5. The topological polar surface area (TPSA) is 42.9 Å². The van der Waals surface area contributed by atoms with Gasteiger partial charge in [-0.25, -0.2) is 4.98 Å². The van der Waals surface area contributed by atoms with Crippen LogP contribution in [0.4, 0.5) is 0 Å². The minimum Gasteiger partial charge on any atom is -0.256 e. The van der Waals surface area contributed by atoms with Crippen LogP contribution in [-0.4, -0.2) is 16.6 Å². The lowest BCUT2D eigenvalue weighted by Crippen LogP contribution is -2.04. The zero-order valence-electron chi connectivity index (χ0n) is 5.90. The molecule has 0 bridgehead atoms. The van der Waals surface area contributed by atoms with Crippen molar-refractivity contribution in [2.45, 2.75) is 6.92 Å². The van der Waals surface area contributed by atoms with E-state index in [4.69, 9.17) is 0 Å². The molecule has 0 saturated heterocycles. The summed E-state index contributed by atoms with van der Waals surface area (Å²) < 4.78 is 10.8. The molecule has 0 spiro atoms. The molecule has 10 heavy (non-hydrogen) atoms. The molecule has 0 N–H and O–H groups in total. The fourth-order valence-electron chi connectivity index (χ4n) is 0.602. The molecule has 4 heteroatoms. The van der Waals surface area contributed by atoms with Gasteiger partial charge in [0.25, 0.3) is 5.44 Å². The largest absolute Gasteiger partial charge is 0.395 e. The first kappa shape index (κ1) is 7.29. The van der Waals surface area contributed by atoms with Crippen LogP contribution in [0.25, 0.3) is 0 Å². The van der Waals surface area contributed by atoms with Gasteiger partial charge in [-0.15, -0.1) is 0 Å². The van der Waals surface area contributed by atoms with E-state index in [9.17, 15) is 4.57 Å². The van der Waals surface area contributed by atoms with Crippen molar-refractivity contribution in [3.8, 4) is 0 Å². The molecule has 0 aliphatic carbocycles. The van der Waals surface area contributed by atoms with Crippen molar-refractivity contribution in [2.75, 3.05) is 6.66 Å². The van der Waals surface area contributed by atoms with Gasteiger partial charge in [0.15, 0.2) is 0 Å². The summed E-state index contributed by atoms with van der Waals surface area (Å²) in [7, 11) is -1.34. The zero-order chi connectivity index (χ0) is 7.56. The maximum Gasteiger partial charge on any atom is 0.395 e. The molecule has 3 nitrogen and oxygen atoms in total. The first-order valence-corrected chi connectivity index (χ1v) is 4.60. The molecule has 1 heterocycles. The Morgan fingerprint density at radius 3 is 2.60 bits per heavy atom. The summed E-state index contributed by atoms with van der Waals surface area (Å²) in [4.78, 5) is 7.89. The Kier molecular flexibility index (Phi) is 2.07. The normalized spacial score (nSPS) is 11.2. The molecule has 0 radical (unpaired) electrons. The lowest BCUT2D eigenvalue weighted by molar-refractivity contribution is 0.595. The molecule has 0 aliphatic rings. The number of nitrogens with zero attached hydrogens (tertiary/aromatic N) is 2. The average Bonchev–Trinajstić information content (AvgIpc) is 1.88. The molecule has 1 aromatic heterocycles. The minimum atomic E-state index is -1.34. The molecule has 1 rings (SSSR count). The van der Waals surface area contributed by atoms with E-state index in [-0.39, 0.29) is 0 Å². The van der Waals surface area contributed by atoms with Crippen molar-refractivity contribution in [3.63, 3.8) is 0 Å². The zero-order valence-corrected chi connectivity index (χ0v) is 6.80. The highest BCUT2D eigenvalue weighted by atomic mass is 31.1. The SMILES string of the molecule is Cc1cncc([P+](C)=O)n1. The third kappa shape index (κ3) is 1.58. The second kappa shape index (κ2) is 2.84. The van der Waals surface area contributed by atoms with Gasteiger partial charge in [0.1, 0.15) is 12.9 Å². The molecule has 0 fully saturated rings. The van der Waals surface area contributed by atoms with E-state index in [1.807, 2.05) is 6.92 Å². The first-order chi connectivity index (χ1) is 4.70. The summed E-state index contributed by atoms with van der Waals surface area (Å²) in [5, 5.41) is 0. The third-order valence-corrected chi connectivity index (χ3v) is 1.93. The van der Waals surface area contributed by atoms with E-state index in [1.165, 1.54) is 6.20 Å². The van der Waals surface area contributed by atoms with Crippen LogP contribution in [0.2, 0.25) is 0 Å². The molecular weight excluding hydrogens is 147 g/mol. The standard InChI is InChI=1S/C6H8N2OP/c1-5-3-7-4-6(8-5)10(2)9/h3-4H,1-2H3/q+1. The molecule has 1 unspecified atom stereocenters. The molecule has 0 aliphatic heterocycles. The molecule has 1 atom stereocenters. The Morgan fingerprint density at radius 2 is 2.20 bits per heavy atom. The van der Waals surface area contributed by atoms with Crippen LogP contribution in [-0.2, 0) is 4.57 Å². The van der Waals surface area contributed by atoms with Crippen LogP contribution in [0.5, 0.6) is 0 Å². The maximum absolute atomic E-state index is 10.8. The van der Waals surface area contributed by atoms with Gasteiger partial charge in [-0.3, -0.25) is 4.98 Å². The number of aromatic nitrogens is 2. The van der Waals surface area contributed by atoms with E-state index in [1.54, 1.807) is 12.9 Å². The Morgan fingerprint density at radius 1 is 1.50 bits per heavy atom. The summed E-state index contributed by atoms with van der Waals surface area (Å²) in [5.41, 5.74) is 1.39. The van der Waals surface area contributed by atoms with Crippen molar-refractivity contribution in [3.05, 3.63) is 18.1 Å². The summed E-state index contributed by atoms with van der Waals surface area (Å²) >= 11 is 0. The molecule has 0 saturated carbocycles. The number of rotatable bonds is 1. The molecular formula is C6H8N2OP+. The second-order valence-electron chi connectivity index (χ2n) is 2.02. The van der Waals surface area contributed by atoms with Gasteiger partial charge in [-0.1, -0.05) is 4.57 Å². The van der Waals surface area contributed by atoms with Crippen molar-refractivity contribution < 1.29 is 4.57 Å². The van der Waals surface area contributed by atoms with Crippen LogP contribution >= 0.6 is 7.80 Å². The third-order valence-electron chi connectivity index (χ3n) is 1.06. The fraction of sp³-hybridized carbons (Fsp3) is 0.333. The van der Waals surface area contributed by atoms with Gasteiger partial charge in [-0.05, 0) is 6.92 Å². The lowest BCUT2D eigenvalue weighted by Gasteiger charge is -1.85. The summed E-state index contributed by atoms with van der Waals surface area (Å²) in [6.45, 7) is 3.45. The smallest absolute Gasteiger partial charge is 0.256 e. The van der Waals surface area contributed by atoms with Crippen LogP contribution in [0.1, 0.15) is 5.69 Å². The van der Waals surface area contributed by atoms with Gasteiger partial charge >= 0.3 is 7.80 Å². The number of hydrogen-bond acceptors (Lipinski definition) is 3. The number of hydrogen-bond donors (Lipinski definition) is 0. The molecule has 1 aromatic rings. The van der Waals surface area contributed by atoms with E-state index in [0.717, 1.165) is 5.69 Å². The molecule has 0 amide bonds. The fourth-order valence-corrected chi connectivity index (χ4v) is 1.13. The highest BCUT2D eigenvalue weighted by Crippen LogP contribution is 2.09. The van der Waals surface area contributed by atoms with Crippen molar-refractivity contribution in [2.24, 2.45) is 0 Å². The highest BCUT2D eigenvalue weighted by molar-refractivity contribution is 7.52. The quantitative estimate of drug-likeness (QED) is 0.565. The maximum atomic E-state index is 10.8. The van der Waals surface area contributed by atoms with Gasteiger partial charge in [-0.2, -0.15) is 0 Å². The van der Waals surface area contributed by atoms with Crippen LogP contribution in [0, 0.1) is 6.92 Å². The van der Waals surface area contributed by atoms with Crippen LogP contribution in [0.3, 0.4) is 0 Å². The monoisotopic (exact) mass is 155 g/mol. The van der Waals surface area contributed by atoms with Crippen molar-refractivity contribution in [1.29, 1.82) is 0 Å². The Bertz CT molecular complexity index is 262. The predicted molar refractivity (Wildman–Crippen MR) is 39.9 cm³/mol. The van der Waals surface area contributed by atoms with Gasteiger partial charge in [0.05, 0.1) is 5.69 Å². The van der Waals surface area contributed by atoms with Gasteiger partial charge in [0.2, 0.25) is 0 Å². The average molecular weight is 155 g/mol. The molecule has 0 aromatic carbocycles. The van der Waals surface area contributed by atoms with E-state index >= 15 is 0 Å². The van der Waals surface area contributed by atoms with Gasteiger partial charge in [0, 0.05) is 6.20 Å². The minimum absolute atomic E-state index is 0.579. The Balaban J connectivity index is 3.07. The summed E-state index contributed by atoms with van der Waals surface area (Å²) in [5.74, 6) is 0. The first-order valence-electron chi connectivity index (χ1n) is 2.89. The van der Waals surface area contributed by atoms with Gasteiger partial charge < -0.3 is 0 Å². The summed E-state index contributed by atoms with van der Waals surface area (Å²) in [6.07, 6.45) is 3.17. The van der Waals surface area contributed by atoms with Crippen LogP contribution < -0.4 is 5.44 Å². The van der Waals surface area contributed by atoms with Crippen LogP contribution in [0.15, 0.2) is 12.4 Å². The highest BCUT2D eigenvalue weighted by Gasteiger charge is 2.12. The Hall–Kier alpha value is -0.820. The molecule has 52 valence electrons. The Labute approximate surface area is 60.3 Å². The van der Waals surface area contributed by atoms with E-state index in [2.05, 4.69) is 9.97 Å². The second-order valence-corrected chi connectivity index (χ2v) is 3.47. The predicted octanol–water partition coefficient (Wildman–Crippen LogP) is 0.868. The van der Waals surface area contributed by atoms with E-state index in [0.29, 0.717) is 5.44 Å². The van der Waals surface area contributed by atoms with Crippen molar-refractivity contribution in [1.82, 2.24) is 9.97 Å². The number of aryl methyl sites for hydroxylation is 1. The van der Waals surface area contributed by atoms with E-state index < -0.39 is 7.80 Å². The van der Waals surface area contributed by atoms with Crippen molar-refractivity contribution >= 4 is 13.2 Å². The summed E-state index contributed by atoms with van der Waals surface area (Å²) in [6, 6.07) is 0.